The van der Waals surface area contributed by atoms with E-state index in [0.717, 1.165) is 36.6 Å². The van der Waals surface area contributed by atoms with Gasteiger partial charge in [-0.15, -0.1) is 22.7 Å². The molecule has 11 heteroatoms. The first-order chi connectivity index (χ1) is 16.3. The van der Waals surface area contributed by atoms with E-state index in [4.69, 9.17) is 4.98 Å². The summed E-state index contributed by atoms with van der Waals surface area (Å²) >= 11 is 2.98. The Morgan fingerprint density at radius 1 is 1.29 bits per heavy atom. The molecule has 2 aromatic carbocycles. The maximum atomic E-state index is 15.0. The van der Waals surface area contributed by atoms with Crippen molar-refractivity contribution in [1.29, 1.82) is 0 Å². The van der Waals surface area contributed by atoms with Crippen LogP contribution in [0.15, 0.2) is 52.2 Å². The van der Waals surface area contributed by atoms with Gasteiger partial charge in [0.2, 0.25) is 0 Å². The molecule has 7 nitrogen and oxygen atoms in total. The van der Waals surface area contributed by atoms with Gasteiger partial charge >= 0.3 is 0 Å². The second-order valence-corrected chi connectivity index (χ2v) is 11.9. The predicted molar refractivity (Wildman–Crippen MR) is 136 cm³/mol. The lowest BCUT2D eigenvalue weighted by molar-refractivity contribution is 0.325. The highest BCUT2D eigenvalue weighted by molar-refractivity contribution is 7.92. The molecule has 0 spiro atoms. The Hall–Kier alpha value is -2.60. The zero-order valence-corrected chi connectivity index (χ0v) is 21.2. The fourth-order valence-electron chi connectivity index (χ4n) is 4.33. The normalized spacial score (nSPS) is 16.9. The Labute approximate surface area is 205 Å². The molecule has 1 aliphatic heterocycles. The third kappa shape index (κ3) is 4.65. The van der Waals surface area contributed by atoms with Crippen molar-refractivity contribution < 1.29 is 12.8 Å². The maximum absolute atomic E-state index is 15.0. The molecule has 2 aromatic heterocycles. The Balaban J connectivity index is 1.29. The van der Waals surface area contributed by atoms with Crippen LogP contribution in [0.3, 0.4) is 0 Å². The highest BCUT2D eigenvalue weighted by Gasteiger charge is 2.29. The van der Waals surface area contributed by atoms with Gasteiger partial charge in [-0.25, -0.2) is 22.8 Å². The van der Waals surface area contributed by atoms with Gasteiger partial charge in [-0.2, -0.15) is 0 Å². The van der Waals surface area contributed by atoms with Crippen molar-refractivity contribution in [3.05, 3.63) is 63.7 Å². The molecule has 0 bridgehead atoms. The number of benzene rings is 2. The molecule has 1 N–H and O–H groups in total. The zero-order valence-electron chi connectivity index (χ0n) is 18.7. The summed E-state index contributed by atoms with van der Waals surface area (Å²) < 4.78 is 43.9. The molecule has 5 rings (SSSR count). The van der Waals surface area contributed by atoms with Crippen LogP contribution in [0.25, 0.3) is 10.2 Å². The monoisotopic (exact) mass is 517 g/mol. The van der Waals surface area contributed by atoms with Crippen LogP contribution in [0.5, 0.6) is 0 Å². The first-order valence-electron chi connectivity index (χ1n) is 10.8. The Morgan fingerprint density at radius 2 is 2.12 bits per heavy atom. The molecule has 3 heterocycles. The van der Waals surface area contributed by atoms with Crippen LogP contribution in [0.4, 0.5) is 15.9 Å². The van der Waals surface area contributed by atoms with E-state index in [2.05, 4.69) is 25.6 Å². The van der Waals surface area contributed by atoms with Gasteiger partial charge in [0.15, 0.2) is 5.82 Å². The summed E-state index contributed by atoms with van der Waals surface area (Å²) in [4.78, 5) is 12.7. The number of thiazole rings is 2. The number of aromatic nitrogens is 2. The second-order valence-electron chi connectivity index (χ2n) is 8.41. The highest BCUT2D eigenvalue weighted by Crippen LogP contribution is 2.31. The van der Waals surface area contributed by atoms with Gasteiger partial charge in [-0.05, 0) is 43.2 Å². The number of likely N-dealkylation sites (N-methyl/N-ethyl adjacent to an activating group) is 1. The molecule has 1 fully saturated rings. The van der Waals surface area contributed by atoms with Crippen LogP contribution in [0.2, 0.25) is 0 Å². The van der Waals surface area contributed by atoms with Crippen LogP contribution >= 0.6 is 22.7 Å². The van der Waals surface area contributed by atoms with E-state index < -0.39 is 15.8 Å². The molecule has 1 unspecified atom stereocenters. The van der Waals surface area contributed by atoms with Crippen LogP contribution in [0, 0.1) is 12.7 Å². The van der Waals surface area contributed by atoms with Crippen molar-refractivity contribution in [2.75, 3.05) is 29.8 Å². The van der Waals surface area contributed by atoms with Crippen molar-refractivity contribution in [3.63, 3.8) is 0 Å². The summed E-state index contributed by atoms with van der Waals surface area (Å²) in [6.45, 7) is 4.35. The van der Waals surface area contributed by atoms with Crippen LogP contribution in [0.1, 0.15) is 17.0 Å². The van der Waals surface area contributed by atoms with E-state index in [1.807, 2.05) is 25.2 Å². The zero-order chi connectivity index (χ0) is 23.9. The van der Waals surface area contributed by atoms with Gasteiger partial charge in [0.25, 0.3) is 10.0 Å². The van der Waals surface area contributed by atoms with Crippen molar-refractivity contribution in [2.24, 2.45) is 0 Å². The molecule has 0 amide bonds. The second kappa shape index (κ2) is 9.21. The number of sulfonamides is 1. The number of fused-ring (bicyclic) bond motifs is 1. The lowest BCUT2D eigenvalue weighted by Gasteiger charge is -2.29. The van der Waals surface area contributed by atoms with Crippen LogP contribution in [-0.2, 0) is 16.6 Å². The summed E-state index contributed by atoms with van der Waals surface area (Å²) in [6.07, 6.45) is 0.938. The lowest BCUT2D eigenvalue weighted by atomic mass is 10.1. The molecule has 0 radical (unpaired) electrons. The first-order valence-corrected chi connectivity index (χ1v) is 14.1. The van der Waals surface area contributed by atoms with Gasteiger partial charge < -0.3 is 4.90 Å². The molecule has 0 saturated carbocycles. The Kier molecular flexibility index (Phi) is 6.28. The molecular weight excluding hydrogens is 493 g/mol. The Bertz CT molecular complexity index is 1390. The number of likely N-dealkylation sites (tertiary alicyclic amines) is 1. The van der Waals surface area contributed by atoms with E-state index in [1.54, 1.807) is 23.6 Å². The van der Waals surface area contributed by atoms with E-state index in [-0.39, 0.29) is 16.8 Å². The number of aryl methyl sites for hydroxylation is 1. The molecule has 4 aromatic rings. The number of hydrogen-bond donors (Lipinski definition) is 1. The number of nitrogens with one attached hydrogen (secondary N) is 1. The smallest absolute Gasteiger partial charge is 0.266 e. The molecule has 34 heavy (non-hydrogen) atoms. The third-order valence-corrected chi connectivity index (χ3v) is 9.06. The predicted octanol–water partition coefficient (Wildman–Crippen LogP) is 4.71. The van der Waals surface area contributed by atoms with Gasteiger partial charge in [0, 0.05) is 37.2 Å². The minimum Gasteiger partial charge on any atom is -0.370 e. The van der Waals surface area contributed by atoms with Gasteiger partial charge in [0.05, 0.1) is 22.3 Å². The molecule has 0 aliphatic carbocycles. The average molecular weight is 518 g/mol. The van der Waals surface area contributed by atoms with Crippen LogP contribution in [-0.4, -0.2) is 49.5 Å². The van der Waals surface area contributed by atoms with Crippen LogP contribution < -0.4 is 9.62 Å². The first kappa shape index (κ1) is 23.2. The lowest BCUT2D eigenvalue weighted by Crippen LogP contribution is -2.35. The van der Waals surface area contributed by atoms with Gasteiger partial charge in [-0.3, -0.25) is 9.62 Å². The van der Waals surface area contributed by atoms with Gasteiger partial charge in [-0.1, -0.05) is 12.1 Å². The summed E-state index contributed by atoms with van der Waals surface area (Å²) in [5, 5.41) is 2.65. The third-order valence-electron chi connectivity index (χ3n) is 6.08. The molecular formula is C23H24FN5O2S3. The number of para-hydroxylation sites is 1. The molecule has 1 saturated heterocycles. The minimum atomic E-state index is -4.07. The van der Waals surface area contributed by atoms with Crippen molar-refractivity contribution >= 4 is 54.4 Å². The average Bonchev–Trinajstić information content (AvgIpc) is 3.55. The van der Waals surface area contributed by atoms with E-state index >= 15 is 0 Å². The SMILES string of the molecule is Cc1cc(S(=O)(=O)Nc2cscn2)c(F)cc1N(C)C1CCN(Cc2nc3ccccc3s2)C1. The molecule has 1 aliphatic rings. The quantitative estimate of drug-likeness (QED) is 0.383. The molecule has 1 atom stereocenters. The number of nitrogens with zero attached hydrogens (tertiary/aromatic N) is 4. The largest absolute Gasteiger partial charge is 0.370 e. The summed E-state index contributed by atoms with van der Waals surface area (Å²) in [6, 6.07) is 11.1. The topological polar surface area (TPSA) is 78.4 Å². The van der Waals surface area contributed by atoms with E-state index in [9.17, 15) is 12.8 Å². The number of halogens is 1. The fourth-order valence-corrected chi connectivity index (χ4v) is 7.05. The molecule has 178 valence electrons. The number of hydrogen-bond acceptors (Lipinski definition) is 8. The number of rotatable bonds is 7. The summed E-state index contributed by atoms with van der Waals surface area (Å²) in [5.41, 5.74) is 3.93. The van der Waals surface area contributed by atoms with E-state index in [1.165, 1.54) is 33.7 Å². The minimum absolute atomic E-state index is 0.183. The highest BCUT2D eigenvalue weighted by atomic mass is 32.2. The Morgan fingerprint density at radius 3 is 2.88 bits per heavy atom. The van der Waals surface area contributed by atoms with Crippen molar-refractivity contribution in [1.82, 2.24) is 14.9 Å². The van der Waals surface area contributed by atoms with Crippen molar-refractivity contribution in [3.8, 4) is 0 Å². The van der Waals surface area contributed by atoms with E-state index in [0.29, 0.717) is 11.3 Å². The standard InChI is InChI=1S/C23H24FN5O2S3/c1-15-9-21(34(30,31)27-22-13-32-14-25-22)17(24)10-19(15)28(2)16-7-8-29(11-16)12-23-26-18-5-3-4-6-20(18)33-23/h3-6,9-10,13-14,16,27H,7-8,11-12H2,1-2H3. The number of anilines is 2. The fraction of sp³-hybridized carbons (Fsp3) is 0.304. The summed E-state index contributed by atoms with van der Waals surface area (Å²) in [5.74, 6) is -0.595. The maximum Gasteiger partial charge on any atom is 0.266 e. The van der Waals surface area contributed by atoms with Gasteiger partial charge in [0.1, 0.15) is 15.7 Å². The summed E-state index contributed by atoms with van der Waals surface area (Å²) in [7, 11) is -2.13. The van der Waals surface area contributed by atoms with Crippen molar-refractivity contribution in [2.45, 2.75) is 30.8 Å².